The van der Waals surface area contributed by atoms with Gasteiger partial charge in [-0.25, -0.2) is 4.98 Å². The first-order valence-electron chi connectivity index (χ1n) is 5.66. The summed E-state index contributed by atoms with van der Waals surface area (Å²) in [6.07, 6.45) is -3.55. The maximum atomic E-state index is 13.2. The predicted octanol–water partition coefficient (Wildman–Crippen LogP) is 2.98. The fourth-order valence-corrected chi connectivity index (χ4v) is 2.49. The first-order valence-corrected chi connectivity index (χ1v) is 6.83. The Morgan fingerprint density at radius 2 is 2.25 bits per heavy atom. The molecule has 1 atom stereocenters. The lowest BCUT2D eigenvalue weighted by Crippen LogP contribution is -2.49. The highest BCUT2D eigenvalue weighted by atomic mass is 79.9. The minimum Gasteiger partial charge on any atom is -0.323 e. The second kappa shape index (κ2) is 5.50. The molecule has 1 saturated heterocycles. The minimum atomic E-state index is -4.63. The summed E-state index contributed by atoms with van der Waals surface area (Å²) < 4.78 is 40.1. The zero-order valence-electron chi connectivity index (χ0n) is 10.0. The second-order valence-corrected chi connectivity index (χ2v) is 5.73. The molecule has 2 heterocycles. The van der Waals surface area contributed by atoms with Crippen molar-refractivity contribution in [3.63, 3.8) is 0 Å². The van der Waals surface area contributed by atoms with E-state index >= 15 is 0 Å². The molecule has 1 aromatic rings. The molecule has 0 aliphatic carbocycles. The molecule has 1 fully saturated rings. The van der Waals surface area contributed by atoms with Crippen LogP contribution in [-0.2, 0) is 4.79 Å². The largest absolute Gasteiger partial charge is 0.404 e. The van der Waals surface area contributed by atoms with E-state index in [9.17, 15) is 18.0 Å². The summed E-state index contributed by atoms with van der Waals surface area (Å²) in [7, 11) is 0. The van der Waals surface area contributed by atoms with Crippen LogP contribution in [0.3, 0.4) is 0 Å². The van der Waals surface area contributed by atoms with Crippen molar-refractivity contribution in [2.24, 2.45) is 5.41 Å². The molecule has 1 amide bonds. The predicted molar refractivity (Wildman–Crippen MR) is 71.6 cm³/mol. The molecule has 1 unspecified atom stereocenters. The van der Waals surface area contributed by atoms with E-state index in [1.165, 1.54) is 12.3 Å². The fraction of sp³-hybridized carbons (Fsp3) is 0.455. The number of alkyl halides is 3. The van der Waals surface area contributed by atoms with Crippen LogP contribution in [0.15, 0.2) is 16.7 Å². The quantitative estimate of drug-likeness (QED) is 0.785. The summed E-state index contributed by atoms with van der Waals surface area (Å²) in [5.41, 5.74) is -2.39. The molecule has 9 heteroatoms. The highest BCUT2D eigenvalue weighted by Crippen LogP contribution is 2.44. The van der Waals surface area contributed by atoms with E-state index in [0.29, 0.717) is 4.47 Å². The van der Waals surface area contributed by atoms with Gasteiger partial charge in [0.05, 0.1) is 5.69 Å². The molecule has 0 saturated carbocycles. The first kappa shape index (κ1) is 15.5. The van der Waals surface area contributed by atoms with E-state index in [-0.39, 0.29) is 23.8 Å². The Bertz CT molecular complexity index is 532. The van der Waals surface area contributed by atoms with Gasteiger partial charge in [0.25, 0.3) is 0 Å². The number of anilines is 1. The van der Waals surface area contributed by atoms with Crippen LogP contribution in [0, 0.1) is 5.41 Å². The molecule has 0 radical (unpaired) electrons. The molecule has 0 spiro atoms. The van der Waals surface area contributed by atoms with E-state index in [1.807, 2.05) is 0 Å². The molecule has 110 valence electrons. The average molecular weight is 373 g/mol. The molecule has 2 N–H and O–H groups in total. The Kier molecular flexibility index (Phi) is 4.27. The fourth-order valence-electron chi connectivity index (χ4n) is 2.01. The molecule has 0 bridgehead atoms. The topological polar surface area (TPSA) is 54.0 Å². The normalized spacial score (nSPS) is 22.9. The maximum absolute atomic E-state index is 13.2. The molecule has 1 aliphatic rings. The van der Waals surface area contributed by atoms with E-state index < -0.39 is 24.0 Å². The third-order valence-electron chi connectivity index (χ3n) is 3.19. The van der Waals surface area contributed by atoms with Crippen molar-refractivity contribution in [1.82, 2.24) is 10.3 Å². The number of hydrogen-bond acceptors (Lipinski definition) is 3. The van der Waals surface area contributed by atoms with Gasteiger partial charge in [-0.3, -0.25) is 4.79 Å². The zero-order valence-corrected chi connectivity index (χ0v) is 12.4. The molecule has 1 aliphatic heterocycles. The summed E-state index contributed by atoms with van der Waals surface area (Å²) >= 11 is 8.88. The minimum absolute atomic E-state index is 0.0431. The van der Waals surface area contributed by atoms with Crippen molar-refractivity contribution >= 4 is 39.1 Å². The van der Waals surface area contributed by atoms with Crippen molar-refractivity contribution in [2.45, 2.75) is 12.6 Å². The van der Waals surface area contributed by atoms with Crippen molar-refractivity contribution in [3.05, 3.63) is 21.9 Å². The molecule has 4 nitrogen and oxygen atoms in total. The highest BCUT2D eigenvalue weighted by molar-refractivity contribution is 9.10. The van der Waals surface area contributed by atoms with Crippen LogP contribution in [-0.4, -0.2) is 30.2 Å². The van der Waals surface area contributed by atoms with Gasteiger partial charge in [-0.1, -0.05) is 11.6 Å². The molecule has 20 heavy (non-hydrogen) atoms. The van der Waals surface area contributed by atoms with Crippen LogP contribution in [0.5, 0.6) is 0 Å². The number of halogens is 5. The number of rotatable bonds is 2. The summed E-state index contributed by atoms with van der Waals surface area (Å²) in [5, 5.41) is 4.73. The Balaban J connectivity index is 2.28. The third-order valence-corrected chi connectivity index (χ3v) is 3.92. The number of carbonyl (C=O) groups excluding carboxylic acids is 1. The summed E-state index contributed by atoms with van der Waals surface area (Å²) in [5.74, 6) is -1.13. The summed E-state index contributed by atoms with van der Waals surface area (Å²) in [4.78, 5) is 15.8. The molecule has 2 rings (SSSR count). The smallest absolute Gasteiger partial charge is 0.323 e. The van der Waals surface area contributed by atoms with Crippen LogP contribution in [0.1, 0.15) is 6.42 Å². The van der Waals surface area contributed by atoms with Crippen molar-refractivity contribution in [3.8, 4) is 0 Å². The van der Waals surface area contributed by atoms with Gasteiger partial charge in [0, 0.05) is 17.2 Å². The Morgan fingerprint density at radius 3 is 2.80 bits per heavy atom. The van der Waals surface area contributed by atoms with Gasteiger partial charge in [0.2, 0.25) is 5.91 Å². The first-order chi connectivity index (χ1) is 9.26. The van der Waals surface area contributed by atoms with Gasteiger partial charge in [-0.2, -0.15) is 13.2 Å². The average Bonchev–Trinajstić information content (AvgIpc) is 2.83. The number of carbonyl (C=O) groups is 1. The Morgan fingerprint density at radius 1 is 1.55 bits per heavy atom. The molecular weight excluding hydrogens is 362 g/mol. The third kappa shape index (κ3) is 2.77. The van der Waals surface area contributed by atoms with E-state index in [1.54, 1.807) is 0 Å². The maximum Gasteiger partial charge on any atom is 0.404 e. The number of amides is 1. The van der Waals surface area contributed by atoms with Crippen molar-refractivity contribution < 1.29 is 18.0 Å². The van der Waals surface area contributed by atoms with Crippen LogP contribution in [0.25, 0.3) is 0 Å². The lowest BCUT2D eigenvalue weighted by Gasteiger charge is -2.29. The number of aromatic nitrogens is 1. The van der Waals surface area contributed by atoms with Crippen molar-refractivity contribution in [2.75, 3.05) is 18.4 Å². The van der Waals surface area contributed by atoms with Crippen molar-refractivity contribution in [1.29, 1.82) is 0 Å². The monoisotopic (exact) mass is 371 g/mol. The van der Waals surface area contributed by atoms with E-state index in [0.717, 1.165) is 0 Å². The van der Waals surface area contributed by atoms with Crippen LogP contribution in [0.2, 0.25) is 5.15 Å². The second-order valence-electron chi connectivity index (χ2n) is 4.45. The van der Waals surface area contributed by atoms with Gasteiger partial charge >= 0.3 is 6.18 Å². The number of pyridine rings is 1. The summed E-state index contributed by atoms with van der Waals surface area (Å²) in [6, 6.07) is 1.40. The highest BCUT2D eigenvalue weighted by Gasteiger charge is 2.61. The Labute approximate surface area is 126 Å². The van der Waals surface area contributed by atoms with Crippen LogP contribution < -0.4 is 10.6 Å². The molecule has 0 aromatic carbocycles. The number of hydrogen-bond donors (Lipinski definition) is 2. The zero-order chi connectivity index (χ0) is 15.0. The summed E-state index contributed by atoms with van der Waals surface area (Å²) in [6.45, 7) is -0.307. The van der Waals surface area contributed by atoms with Crippen LogP contribution >= 0.6 is 27.5 Å². The van der Waals surface area contributed by atoms with Gasteiger partial charge in [-0.05, 0) is 35.0 Å². The Hall–Kier alpha value is -0.860. The van der Waals surface area contributed by atoms with Gasteiger partial charge in [0.15, 0.2) is 10.6 Å². The van der Waals surface area contributed by atoms with E-state index in [2.05, 4.69) is 31.5 Å². The lowest BCUT2D eigenvalue weighted by atomic mass is 9.85. The lowest BCUT2D eigenvalue weighted by molar-refractivity contribution is -0.213. The van der Waals surface area contributed by atoms with Gasteiger partial charge in [-0.15, -0.1) is 0 Å². The number of nitrogens with one attached hydrogen (secondary N) is 2. The molecular formula is C11H10BrClF3N3O. The van der Waals surface area contributed by atoms with Crippen LogP contribution in [0.4, 0.5) is 18.9 Å². The molecule has 1 aromatic heterocycles. The SMILES string of the molecule is O=C(Nc1cc(Br)cnc1Cl)C1(C(F)(F)F)CCNC1. The standard InChI is InChI=1S/C11H10BrClF3N3O/c12-6-3-7(8(13)18-4-6)19-9(20)10(11(14,15)16)1-2-17-5-10/h3-4,17H,1-2,5H2,(H,19,20). The van der Waals surface area contributed by atoms with Gasteiger partial charge in [0.1, 0.15) is 0 Å². The van der Waals surface area contributed by atoms with Gasteiger partial charge < -0.3 is 10.6 Å². The van der Waals surface area contributed by atoms with E-state index in [4.69, 9.17) is 11.6 Å². The number of nitrogens with zero attached hydrogens (tertiary/aromatic N) is 1.